The summed E-state index contributed by atoms with van der Waals surface area (Å²) in [5.74, 6) is -0.186. The quantitative estimate of drug-likeness (QED) is 0.394. The number of rotatable bonds is 5. The Labute approximate surface area is 155 Å². The highest BCUT2D eigenvalue weighted by Crippen LogP contribution is 2.19. The molecule has 2 aromatic carbocycles. The SMILES string of the molecule is C/C(=C/C(=O)Oc1ccc(NC(=O)c2cccs2)cc1)c1ccccc1. The molecule has 5 heteroatoms. The lowest BCUT2D eigenvalue weighted by molar-refractivity contribution is -0.128. The maximum atomic E-state index is 12.0. The number of carbonyl (C=O) groups is 2. The smallest absolute Gasteiger partial charge is 0.336 e. The highest BCUT2D eigenvalue weighted by molar-refractivity contribution is 7.12. The molecule has 4 nitrogen and oxygen atoms in total. The fraction of sp³-hybridized carbons (Fsp3) is 0.0476. The summed E-state index contributed by atoms with van der Waals surface area (Å²) in [7, 11) is 0. The van der Waals surface area contributed by atoms with Crippen molar-refractivity contribution in [1.29, 1.82) is 0 Å². The molecule has 0 unspecified atom stereocenters. The van der Waals surface area contributed by atoms with Gasteiger partial charge in [-0.2, -0.15) is 0 Å². The van der Waals surface area contributed by atoms with E-state index in [2.05, 4.69) is 5.32 Å². The Morgan fingerprint density at radius 1 is 0.962 bits per heavy atom. The number of benzene rings is 2. The Kier molecular flexibility index (Phi) is 5.61. The largest absolute Gasteiger partial charge is 0.423 e. The van der Waals surface area contributed by atoms with Crippen LogP contribution in [0.2, 0.25) is 0 Å². The van der Waals surface area contributed by atoms with Gasteiger partial charge in [-0.25, -0.2) is 4.79 Å². The molecular formula is C21H17NO3S. The molecule has 1 amide bonds. The number of allylic oxidation sites excluding steroid dienone is 1. The number of ether oxygens (including phenoxy) is 1. The Morgan fingerprint density at radius 3 is 2.35 bits per heavy atom. The number of esters is 1. The summed E-state index contributed by atoms with van der Waals surface area (Å²) in [5, 5.41) is 4.65. The third-order valence-electron chi connectivity index (χ3n) is 3.64. The third-order valence-corrected chi connectivity index (χ3v) is 4.51. The van der Waals surface area contributed by atoms with Gasteiger partial charge < -0.3 is 10.1 Å². The molecule has 130 valence electrons. The van der Waals surface area contributed by atoms with Crippen LogP contribution >= 0.6 is 11.3 Å². The standard InChI is InChI=1S/C21H17NO3S/c1-15(16-6-3-2-4-7-16)14-20(23)25-18-11-9-17(10-12-18)22-21(24)19-8-5-13-26-19/h2-14H,1H3,(H,22,24)/b15-14-. The first-order chi connectivity index (χ1) is 12.6. The first-order valence-electron chi connectivity index (χ1n) is 8.02. The minimum absolute atomic E-state index is 0.161. The summed E-state index contributed by atoms with van der Waals surface area (Å²) in [4.78, 5) is 24.7. The van der Waals surface area contributed by atoms with Crippen LogP contribution in [0.4, 0.5) is 5.69 Å². The maximum Gasteiger partial charge on any atom is 0.336 e. The average Bonchev–Trinajstić information content (AvgIpc) is 3.19. The van der Waals surface area contributed by atoms with Gasteiger partial charge in [0.2, 0.25) is 0 Å². The van der Waals surface area contributed by atoms with Gasteiger partial charge in [-0.1, -0.05) is 36.4 Å². The molecule has 0 saturated carbocycles. The Bertz CT molecular complexity index is 914. The van der Waals surface area contributed by atoms with Crippen LogP contribution in [-0.4, -0.2) is 11.9 Å². The van der Waals surface area contributed by atoms with E-state index >= 15 is 0 Å². The van der Waals surface area contributed by atoms with Gasteiger partial charge in [-0.05, 0) is 53.8 Å². The monoisotopic (exact) mass is 363 g/mol. The van der Waals surface area contributed by atoms with Crippen LogP contribution in [0.1, 0.15) is 22.2 Å². The molecule has 0 aliphatic carbocycles. The molecule has 0 aliphatic rings. The van der Waals surface area contributed by atoms with Gasteiger partial charge in [0.05, 0.1) is 4.88 Å². The molecule has 0 atom stereocenters. The van der Waals surface area contributed by atoms with Crippen LogP contribution in [-0.2, 0) is 4.79 Å². The lowest BCUT2D eigenvalue weighted by Gasteiger charge is -2.06. The van der Waals surface area contributed by atoms with E-state index in [0.717, 1.165) is 11.1 Å². The van der Waals surface area contributed by atoms with Crippen LogP contribution in [0.3, 0.4) is 0 Å². The fourth-order valence-electron chi connectivity index (χ4n) is 2.31. The van der Waals surface area contributed by atoms with Crippen LogP contribution in [0.15, 0.2) is 78.2 Å². The van der Waals surface area contributed by atoms with E-state index in [1.165, 1.54) is 17.4 Å². The third kappa shape index (κ3) is 4.68. The molecule has 0 spiro atoms. The predicted molar refractivity (Wildman–Crippen MR) is 104 cm³/mol. The maximum absolute atomic E-state index is 12.0. The zero-order valence-corrected chi connectivity index (χ0v) is 15.0. The molecule has 0 saturated heterocycles. The molecule has 3 aromatic rings. The van der Waals surface area contributed by atoms with Gasteiger partial charge >= 0.3 is 5.97 Å². The number of carbonyl (C=O) groups excluding carboxylic acids is 2. The van der Waals surface area contributed by atoms with Crippen molar-refractivity contribution in [1.82, 2.24) is 0 Å². The van der Waals surface area contributed by atoms with E-state index in [0.29, 0.717) is 16.3 Å². The Morgan fingerprint density at radius 2 is 1.69 bits per heavy atom. The second-order valence-electron chi connectivity index (χ2n) is 5.57. The number of hydrogen-bond acceptors (Lipinski definition) is 4. The van der Waals surface area contributed by atoms with Gasteiger partial charge in [0.25, 0.3) is 5.91 Å². The van der Waals surface area contributed by atoms with Crippen molar-refractivity contribution >= 4 is 34.5 Å². The van der Waals surface area contributed by atoms with Crippen molar-refractivity contribution in [3.8, 4) is 5.75 Å². The summed E-state index contributed by atoms with van der Waals surface area (Å²) < 4.78 is 5.31. The molecule has 26 heavy (non-hydrogen) atoms. The number of nitrogens with one attached hydrogen (secondary N) is 1. The minimum atomic E-state index is -0.443. The van der Waals surface area contributed by atoms with E-state index in [9.17, 15) is 9.59 Å². The van der Waals surface area contributed by atoms with Crippen molar-refractivity contribution in [2.24, 2.45) is 0 Å². The zero-order chi connectivity index (χ0) is 18.4. The van der Waals surface area contributed by atoms with Gasteiger partial charge in [-0.15, -0.1) is 11.3 Å². The summed E-state index contributed by atoms with van der Waals surface area (Å²) in [6.07, 6.45) is 1.46. The van der Waals surface area contributed by atoms with Gasteiger partial charge in [0.1, 0.15) is 5.75 Å². The molecule has 0 aliphatic heterocycles. The van der Waals surface area contributed by atoms with Crippen LogP contribution < -0.4 is 10.1 Å². The summed E-state index contributed by atoms with van der Waals surface area (Å²) >= 11 is 1.38. The number of hydrogen-bond donors (Lipinski definition) is 1. The first kappa shape index (κ1) is 17.6. The topological polar surface area (TPSA) is 55.4 Å². The molecule has 0 fully saturated rings. The number of thiophene rings is 1. The Hall–Kier alpha value is -3.18. The summed E-state index contributed by atoms with van der Waals surface area (Å²) in [5.41, 5.74) is 2.44. The van der Waals surface area contributed by atoms with Crippen molar-refractivity contribution in [3.63, 3.8) is 0 Å². The van der Waals surface area contributed by atoms with E-state index in [1.807, 2.05) is 48.7 Å². The van der Waals surface area contributed by atoms with E-state index < -0.39 is 5.97 Å². The van der Waals surface area contributed by atoms with Gasteiger partial charge in [-0.3, -0.25) is 4.79 Å². The fourth-order valence-corrected chi connectivity index (χ4v) is 2.93. The number of amides is 1. The van der Waals surface area contributed by atoms with E-state index in [-0.39, 0.29) is 5.91 Å². The van der Waals surface area contributed by atoms with E-state index in [4.69, 9.17) is 4.74 Å². The molecule has 1 N–H and O–H groups in total. The number of anilines is 1. The van der Waals surface area contributed by atoms with Crippen molar-refractivity contribution < 1.29 is 14.3 Å². The molecule has 3 rings (SSSR count). The second-order valence-corrected chi connectivity index (χ2v) is 6.52. The van der Waals surface area contributed by atoms with Gasteiger partial charge in [0.15, 0.2) is 0 Å². The van der Waals surface area contributed by atoms with Crippen molar-refractivity contribution in [2.75, 3.05) is 5.32 Å². The normalized spacial score (nSPS) is 11.0. The highest BCUT2D eigenvalue weighted by atomic mass is 32.1. The van der Waals surface area contributed by atoms with Crippen LogP contribution in [0.25, 0.3) is 5.57 Å². The molecular weight excluding hydrogens is 346 g/mol. The lowest BCUT2D eigenvalue weighted by atomic mass is 10.1. The first-order valence-corrected chi connectivity index (χ1v) is 8.90. The highest BCUT2D eigenvalue weighted by Gasteiger charge is 2.08. The summed E-state index contributed by atoms with van der Waals surface area (Å²) in [6.45, 7) is 1.86. The van der Waals surface area contributed by atoms with Gasteiger partial charge in [0, 0.05) is 11.8 Å². The molecule has 1 aromatic heterocycles. The van der Waals surface area contributed by atoms with Crippen LogP contribution in [0.5, 0.6) is 5.75 Å². The van der Waals surface area contributed by atoms with Crippen molar-refractivity contribution in [2.45, 2.75) is 6.92 Å². The van der Waals surface area contributed by atoms with Crippen LogP contribution in [0, 0.1) is 0 Å². The molecule has 0 radical (unpaired) electrons. The summed E-state index contributed by atoms with van der Waals surface area (Å²) in [6, 6.07) is 19.9. The average molecular weight is 363 g/mol. The second kappa shape index (κ2) is 8.27. The Balaban J connectivity index is 1.60. The molecule has 0 bridgehead atoms. The molecule has 1 heterocycles. The lowest BCUT2D eigenvalue weighted by Crippen LogP contribution is -2.10. The minimum Gasteiger partial charge on any atom is -0.423 e. The predicted octanol–water partition coefficient (Wildman–Crippen LogP) is 5.01. The van der Waals surface area contributed by atoms with Crippen molar-refractivity contribution in [3.05, 3.63) is 88.6 Å². The van der Waals surface area contributed by atoms with E-state index in [1.54, 1.807) is 30.3 Å². The zero-order valence-electron chi connectivity index (χ0n) is 14.1.